The number of anilines is 1. The van der Waals surface area contributed by atoms with E-state index in [1.165, 1.54) is 17.0 Å². The van der Waals surface area contributed by atoms with Crippen molar-refractivity contribution in [2.24, 2.45) is 7.05 Å². The van der Waals surface area contributed by atoms with Crippen molar-refractivity contribution in [2.45, 2.75) is 0 Å². The minimum absolute atomic E-state index is 0.137. The lowest BCUT2D eigenvalue weighted by molar-refractivity contribution is 0.896. The highest BCUT2D eigenvalue weighted by molar-refractivity contribution is 5.69. The Hall–Kier alpha value is -1.98. The van der Waals surface area contributed by atoms with E-state index in [1.807, 2.05) is 0 Å². The average Bonchev–Trinajstić information content (AvgIpc) is 2.15. The van der Waals surface area contributed by atoms with Crippen LogP contribution in [-0.2, 0) is 7.05 Å². The highest BCUT2D eigenvalue weighted by Gasteiger charge is 2.06. The molecule has 2 aromatic rings. The van der Waals surface area contributed by atoms with E-state index in [0.717, 1.165) is 0 Å². The van der Waals surface area contributed by atoms with Crippen molar-refractivity contribution in [1.29, 1.82) is 0 Å². The molecular formula is C7H7N5O. The molecule has 2 N–H and O–H groups in total. The molecule has 6 nitrogen and oxygen atoms in total. The molecule has 0 saturated heterocycles. The first kappa shape index (κ1) is 7.66. The number of hydrogen-bond donors (Lipinski definition) is 1. The monoisotopic (exact) mass is 177 g/mol. The van der Waals surface area contributed by atoms with Gasteiger partial charge in [0.15, 0.2) is 11.2 Å². The summed E-state index contributed by atoms with van der Waals surface area (Å²) in [6.07, 6.45) is 2.95. The van der Waals surface area contributed by atoms with Crippen LogP contribution in [0, 0.1) is 0 Å². The van der Waals surface area contributed by atoms with Crippen molar-refractivity contribution in [2.75, 3.05) is 5.73 Å². The molecule has 2 rings (SSSR count). The van der Waals surface area contributed by atoms with Crippen LogP contribution >= 0.6 is 0 Å². The Morgan fingerprint density at radius 1 is 1.38 bits per heavy atom. The Morgan fingerprint density at radius 2 is 2.08 bits per heavy atom. The van der Waals surface area contributed by atoms with Gasteiger partial charge in [0.05, 0.1) is 0 Å². The largest absolute Gasteiger partial charge is 0.369 e. The quantitative estimate of drug-likeness (QED) is 0.575. The fourth-order valence-corrected chi connectivity index (χ4v) is 1.07. The number of hydrogen-bond acceptors (Lipinski definition) is 5. The Labute approximate surface area is 73.1 Å². The Balaban J connectivity index is 3.06. The van der Waals surface area contributed by atoms with E-state index in [-0.39, 0.29) is 11.5 Å². The van der Waals surface area contributed by atoms with Crippen molar-refractivity contribution in [3.05, 3.63) is 22.7 Å². The second-order valence-corrected chi connectivity index (χ2v) is 2.56. The van der Waals surface area contributed by atoms with Gasteiger partial charge in [0, 0.05) is 19.4 Å². The van der Waals surface area contributed by atoms with Gasteiger partial charge in [-0.15, -0.1) is 0 Å². The van der Waals surface area contributed by atoms with Gasteiger partial charge >= 0.3 is 5.56 Å². The molecule has 0 atom stereocenters. The summed E-state index contributed by atoms with van der Waals surface area (Å²) in [6.45, 7) is 0. The van der Waals surface area contributed by atoms with Crippen LogP contribution < -0.4 is 11.3 Å². The molecule has 0 fully saturated rings. The zero-order valence-corrected chi connectivity index (χ0v) is 6.93. The molecule has 0 bridgehead atoms. The molecule has 0 radical (unpaired) electrons. The lowest BCUT2D eigenvalue weighted by Gasteiger charge is -2.03. The van der Waals surface area contributed by atoms with Gasteiger partial charge in [0.2, 0.25) is 5.95 Å². The summed E-state index contributed by atoms with van der Waals surface area (Å²) in [6, 6.07) is 0. The van der Waals surface area contributed by atoms with E-state index < -0.39 is 5.56 Å². The number of rotatable bonds is 0. The summed E-state index contributed by atoms with van der Waals surface area (Å²) in [7, 11) is 1.68. The third-order valence-electron chi connectivity index (χ3n) is 1.76. The first-order chi connectivity index (χ1) is 6.20. The SMILES string of the molecule is Cn1c(N)nc(=O)c2nccnc21. The van der Waals surface area contributed by atoms with Crippen molar-refractivity contribution in [3.8, 4) is 0 Å². The van der Waals surface area contributed by atoms with Crippen LogP contribution in [-0.4, -0.2) is 19.5 Å². The van der Waals surface area contributed by atoms with Crippen molar-refractivity contribution >= 4 is 17.1 Å². The van der Waals surface area contributed by atoms with E-state index in [0.29, 0.717) is 5.65 Å². The number of fused-ring (bicyclic) bond motifs is 1. The van der Waals surface area contributed by atoms with E-state index in [1.54, 1.807) is 7.05 Å². The normalized spacial score (nSPS) is 10.5. The number of nitrogen functional groups attached to an aromatic ring is 1. The molecule has 0 aliphatic heterocycles. The Bertz CT molecular complexity index is 518. The van der Waals surface area contributed by atoms with Gasteiger partial charge in [0.1, 0.15) is 0 Å². The minimum Gasteiger partial charge on any atom is -0.369 e. The van der Waals surface area contributed by atoms with E-state index in [2.05, 4.69) is 15.0 Å². The second-order valence-electron chi connectivity index (χ2n) is 2.56. The first-order valence-corrected chi connectivity index (χ1v) is 3.63. The fraction of sp³-hybridized carbons (Fsp3) is 0.143. The Morgan fingerprint density at radius 3 is 2.85 bits per heavy atom. The van der Waals surface area contributed by atoms with E-state index in [9.17, 15) is 4.79 Å². The van der Waals surface area contributed by atoms with Gasteiger partial charge in [-0.05, 0) is 0 Å². The van der Waals surface area contributed by atoms with Gasteiger partial charge in [-0.3, -0.25) is 9.36 Å². The Kier molecular flexibility index (Phi) is 1.48. The molecular weight excluding hydrogens is 170 g/mol. The van der Waals surface area contributed by atoms with Gasteiger partial charge in [-0.25, -0.2) is 9.97 Å². The van der Waals surface area contributed by atoms with Gasteiger partial charge in [-0.1, -0.05) is 0 Å². The summed E-state index contributed by atoms with van der Waals surface area (Å²) in [5.74, 6) is 0.137. The predicted molar refractivity (Wildman–Crippen MR) is 47.0 cm³/mol. The van der Waals surface area contributed by atoms with Crippen molar-refractivity contribution < 1.29 is 0 Å². The average molecular weight is 177 g/mol. The zero-order chi connectivity index (χ0) is 9.42. The summed E-state index contributed by atoms with van der Waals surface area (Å²) < 4.78 is 1.52. The van der Waals surface area contributed by atoms with Gasteiger partial charge in [0.25, 0.3) is 0 Å². The van der Waals surface area contributed by atoms with Crippen LogP contribution in [0.2, 0.25) is 0 Å². The highest BCUT2D eigenvalue weighted by Crippen LogP contribution is 2.03. The molecule has 6 heteroatoms. The molecule has 0 aliphatic rings. The van der Waals surface area contributed by atoms with Crippen LogP contribution in [0.1, 0.15) is 0 Å². The maximum atomic E-state index is 11.2. The minimum atomic E-state index is -0.446. The molecule has 0 saturated carbocycles. The molecule has 66 valence electrons. The van der Waals surface area contributed by atoms with Crippen molar-refractivity contribution in [3.63, 3.8) is 0 Å². The van der Waals surface area contributed by atoms with Gasteiger partial charge < -0.3 is 5.73 Å². The number of nitrogens with two attached hydrogens (primary N) is 1. The molecule has 0 aromatic carbocycles. The molecule has 2 aromatic heterocycles. The highest BCUT2D eigenvalue weighted by atomic mass is 16.1. The predicted octanol–water partition coefficient (Wildman–Crippen LogP) is -0.694. The summed E-state index contributed by atoms with van der Waals surface area (Å²) in [5.41, 5.74) is 5.70. The smallest absolute Gasteiger partial charge is 0.302 e. The van der Waals surface area contributed by atoms with Crippen LogP contribution in [0.15, 0.2) is 17.2 Å². The second kappa shape index (κ2) is 2.51. The fourth-order valence-electron chi connectivity index (χ4n) is 1.07. The van der Waals surface area contributed by atoms with E-state index >= 15 is 0 Å². The molecule has 2 heterocycles. The number of nitrogens with zero attached hydrogens (tertiary/aromatic N) is 4. The van der Waals surface area contributed by atoms with Gasteiger partial charge in [-0.2, -0.15) is 4.98 Å². The third kappa shape index (κ3) is 1.03. The van der Waals surface area contributed by atoms with Crippen LogP contribution in [0.3, 0.4) is 0 Å². The lowest BCUT2D eigenvalue weighted by atomic mass is 10.5. The number of aromatic nitrogens is 4. The standard InChI is InChI=1S/C7H7N5O/c1-12-5-4(9-2-3-10-5)6(13)11-7(12)8/h2-3H,1H3,(H2,8,11,13). The van der Waals surface area contributed by atoms with E-state index in [4.69, 9.17) is 5.73 Å². The van der Waals surface area contributed by atoms with Crippen LogP contribution in [0.25, 0.3) is 11.2 Å². The molecule has 0 amide bonds. The maximum Gasteiger partial charge on any atom is 0.302 e. The molecule has 0 unspecified atom stereocenters. The molecule has 0 aliphatic carbocycles. The molecule has 0 spiro atoms. The lowest BCUT2D eigenvalue weighted by Crippen LogP contribution is -2.17. The van der Waals surface area contributed by atoms with Crippen molar-refractivity contribution in [1.82, 2.24) is 19.5 Å². The number of aryl methyl sites for hydroxylation is 1. The van der Waals surface area contributed by atoms with Crippen LogP contribution in [0.4, 0.5) is 5.95 Å². The maximum absolute atomic E-state index is 11.2. The summed E-state index contributed by atoms with van der Waals surface area (Å²) in [4.78, 5) is 22.7. The topological polar surface area (TPSA) is 86.7 Å². The first-order valence-electron chi connectivity index (χ1n) is 3.63. The summed E-state index contributed by atoms with van der Waals surface area (Å²) in [5, 5.41) is 0. The third-order valence-corrected chi connectivity index (χ3v) is 1.76. The van der Waals surface area contributed by atoms with Crippen LogP contribution in [0.5, 0.6) is 0 Å². The summed E-state index contributed by atoms with van der Waals surface area (Å²) >= 11 is 0. The molecule has 13 heavy (non-hydrogen) atoms. The zero-order valence-electron chi connectivity index (χ0n) is 6.93.